The molecule has 0 aromatic heterocycles. The fourth-order valence-electron chi connectivity index (χ4n) is 2.28. The van der Waals surface area contributed by atoms with Crippen molar-refractivity contribution in [2.24, 2.45) is 5.73 Å². The van der Waals surface area contributed by atoms with E-state index in [1.807, 2.05) is 20.9 Å². The second-order valence-electron chi connectivity index (χ2n) is 6.66. The van der Waals surface area contributed by atoms with E-state index in [9.17, 15) is 19.2 Å². The second-order valence-corrected chi connectivity index (χ2v) is 6.66. The maximum Gasteiger partial charge on any atom is 0.219 e. The van der Waals surface area contributed by atoms with E-state index in [0.29, 0.717) is 25.7 Å². The van der Waals surface area contributed by atoms with Crippen molar-refractivity contribution in [1.82, 2.24) is 10.6 Å². The fraction of sp³-hybridized carbons (Fsp3) is 0.818. The number of hydrogen-bond donors (Lipinski definition) is 3. The number of nitrogens with two attached hydrogens (primary N) is 1. The molecular weight excluding hydrogens is 370 g/mol. The van der Waals surface area contributed by atoms with Gasteiger partial charge in [0.25, 0.3) is 0 Å². The first-order chi connectivity index (χ1) is 13.9. The van der Waals surface area contributed by atoms with Crippen molar-refractivity contribution in [2.75, 3.05) is 20.1 Å². The van der Waals surface area contributed by atoms with Gasteiger partial charge in [-0.25, -0.2) is 0 Å². The van der Waals surface area contributed by atoms with Gasteiger partial charge in [0.05, 0.1) is 0 Å². The van der Waals surface area contributed by atoms with Crippen LogP contribution >= 0.6 is 0 Å². The van der Waals surface area contributed by atoms with Crippen LogP contribution in [0.1, 0.15) is 97.8 Å². The molecule has 0 unspecified atom stereocenters. The summed E-state index contributed by atoms with van der Waals surface area (Å²) >= 11 is 0. The molecule has 0 rings (SSSR count). The highest BCUT2D eigenvalue weighted by atomic mass is 16.2. The summed E-state index contributed by atoms with van der Waals surface area (Å²) in [4.78, 5) is 41.9. The molecule has 29 heavy (non-hydrogen) atoms. The number of nitrogens with one attached hydrogen (secondary N) is 2. The zero-order valence-electron chi connectivity index (χ0n) is 19.2. The monoisotopic (exact) mass is 415 g/mol. The lowest BCUT2D eigenvalue weighted by Gasteiger charge is -2.05. The van der Waals surface area contributed by atoms with E-state index in [0.717, 1.165) is 51.5 Å². The molecule has 4 N–H and O–H groups in total. The van der Waals surface area contributed by atoms with Crippen molar-refractivity contribution in [1.29, 1.82) is 0 Å². The summed E-state index contributed by atoms with van der Waals surface area (Å²) in [5.74, 6) is 0.0339. The Hall–Kier alpha value is -1.76. The third kappa shape index (κ3) is 37.6. The fourth-order valence-corrected chi connectivity index (χ4v) is 2.28. The average Bonchev–Trinajstić information content (AvgIpc) is 2.70. The maximum atomic E-state index is 11.4. The van der Waals surface area contributed by atoms with Gasteiger partial charge in [0.2, 0.25) is 11.8 Å². The third-order valence-corrected chi connectivity index (χ3v) is 3.85. The quantitative estimate of drug-likeness (QED) is 0.249. The highest BCUT2D eigenvalue weighted by Crippen LogP contribution is 2.01. The number of Topliss-reactive ketones (excluding diaryl/α,β-unsaturated/α-hetero) is 1. The summed E-state index contributed by atoms with van der Waals surface area (Å²) in [7, 11) is 1.96. The third-order valence-electron chi connectivity index (χ3n) is 3.85. The second kappa shape index (κ2) is 28.4. The zero-order valence-corrected chi connectivity index (χ0v) is 19.2. The number of primary amides is 1. The van der Waals surface area contributed by atoms with Crippen LogP contribution in [0.2, 0.25) is 0 Å². The molecule has 0 saturated heterocycles. The molecule has 7 heteroatoms. The van der Waals surface area contributed by atoms with E-state index >= 15 is 0 Å². The Kier molecular flexibility index (Phi) is 31.3. The van der Waals surface area contributed by atoms with Crippen LogP contribution < -0.4 is 16.4 Å². The summed E-state index contributed by atoms with van der Waals surface area (Å²) in [6.07, 6.45) is 10.7. The Balaban J connectivity index is -0.000000515. The van der Waals surface area contributed by atoms with Crippen molar-refractivity contribution >= 4 is 23.9 Å². The highest BCUT2D eigenvalue weighted by molar-refractivity contribution is 5.76. The van der Waals surface area contributed by atoms with Crippen LogP contribution in [0.5, 0.6) is 0 Å². The first-order valence-corrected chi connectivity index (χ1v) is 11.1. The first kappa shape index (κ1) is 31.9. The molecule has 0 aromatic rings. The topological polar surface area (TPSA) is 118 Å². The van der Waals surface area contributed by atoms with Gasteiger partial charge in [-0.2, -0.15) is 0 Å². The molecule has 2 amide bonds. The molecule has 0 fully saturated rings. The maximum absolute atomic E-state index is 11.4. The molecule has 172 valence electrons. The Morgan fingerprint density at radius 1 is 0.793 bits per heavy atom. The molecule has 0 atom stereocenters. The van der Waals surface area contributed by atoms with E-state index in [4.69, 9.17) is 5.73 Å². The van der Waals surface area contributed by atoms with Crippen LogP contribution in [0.15, 0.2) is 0 Å². The number of amides is 2. The number of rotatable bonds is 17. The summed E-state index contributed by atoms with van der Waals surface area (Å²) in [6, 6.07) is 0. The van der Waals surface area contributed by atoms with Gasteiger partial charge in [0.1, 0.15) is 12.1 Å². The first-order valence-electron chi connectivity index (χ1n) is 11.1. The number of ketones is 1. The van der Waals surface area contributed by atoms with E-state index in [1.165, 1.54) is 19.3 Å². The predicted octanol–water partition coefficient (Wildman–Crippen LogP) is 3.29. The van der Waals surface area contributed by atoms with Crippen LogP contribution in [-0.2, 0) is 19.2 Å². The summed E-state index contributed by atoms with van der Waals surface area (Å²) < 4.78 is 0. The van der Waals surface area contributed by atoms with Crippen LogP contribution in [0.25, 0.3) is 0 Å². The number of aldehydes is 1. The minimum Gasteiger partial charge on any atom is -0.370 e. The van der Waals surface area contributed by atoms with Gasteiger partial charge in [0, 0.05) is 32.2 Å². The van der Waals surface area contributed by atoms with Gasteiger partial charge >= 0.3 is 0 Å². The van der Waals surface area contributed by atoms with E-state index in [2.05, 4.69) is 10.6 Å². The molecule has 0 aliphatic heterocycles. The van der Waals surface area contributed by atoms with Crippen LogP contribution in [0.4, 0.5) is 0 Å². The normalized spacial score (nSPS) is 9.38. The number of carbonyl (C=O) groups excluding carboxylic acids is 4. The molecule has 0 aliphatic rings. The Morgan fingerprint density at radius 3 is 1.86 bits per heavy atom. The van der Waals surface area contributed by atoms with E-state index < -0.39 is 0 Å². The summed E-state index contributed by atoms with van der Waals surface area (Å²) in [5, 5.41) is 6.04. The van der Waals surface area contributed by atoms with Gasteiger partial charge in [-0.05, 0) is 59.0 Å². The van der Waals surface area contributed by atoms with Gasteiger partial charge in [-0.3, -0.25) is 9.59 Å². The van der Waals surface area contributed by atoms with Crippen molar-refractivity contribution in [3.8, 4) is 0 Å². The number of unbranched alkanes of at least 4 members (excludes halogenated alkanes) is 6. The van der Waals surface area contributed by atoms with Crippen LogP contribution in [0, 0.1) is 0 Å². The van der Waals surface area contributed by atoms with Crippen LogP contribution in [-0.4, -0.2) is 44.0 Å². The van der Waals surface area contributed by atoms with Crippen molar-refractivity contribution in [3.05, 3.63) is 0 Å². The molecule has 0 saturated carbocycles. The molecule has 0 heterocycles. The molecule has 0 aromatic carbocycles. The SMILES string of the molecule is CC.CNCCCCCCNC(=O)CCCCC(C)=O.NC(=O)CCCCC=O. The lowest BCUT2D eigenvalue weighted by Crippen LogP contribution is -2.24. The van der Waals surface area contributed by atoms with Crippen molar-refractivity contribution < 1.29 is 19.2 Å². The van der Waals surface area contributed by atoms with Crippen molar-refractivity contribution in [3.63, 3.8) is 0 Å². The Bertz CT molecular complexity index is 402. The standard InChI is InChI=1S/C14H28N2O2.C6H11NO2.C2H6/c1-13(17)9-5-6-10-14(18)16-12-8-4-3-7-11-15-2;7-6(9)4-2-1-3-5-8;1-2/h15H,3-12H2,1-2H3,(H,16,18);5H,1-4H2,(H2,7,9);1-2H3. The highest BCUT2D eigenvalue weighted by Gasteiger charge is 2.01. The average molecular weight is 416 g/mol. The Morgan fingerprint density at radius 2 is 1.34 bits per heavy atom. The predicted molar refractivity (Wildman–Crippen MR) is 120 cm³/mol. The minimum atomic E-state index is -0.291. The van der Waals surface area contributed by atoms with Gasteiger partial charge in [-0.15, -0.1) is 0 Å². The van der Waals surface area contributed by atoms with Crippen molar-refractivity contribution in [2.45, 2.75) is 97.8 Å². The number of carbonyl (C=O) groups is 4. The number of hydrogen-bond acceptors (Lipinski definition) is 5. The summed E-state index contributed by atoms with van der Waals surface area (Å²) in [6.45, 7) is 7.45. The molecule has 7 nitrogen and oxygen atoms in total. The summed E-state index contributed by atoms with van der Waals surface area (Å²) in [5.41, 5.74) is 4.85. The lowest BCUT2D eigenvalue weighted by atomic mass is 10.1. The smallest absolute Gasteiger partial charge is 0.219 e. The lowest BCUT2D eigenvalue weighted by molar-refractivity contribution is -0.121. The van der Waals surface area contributed by atoms with Gasteiger partial charge in [0.15, 0.2) is 0 Å². The van der Waals surface area contributed by atoms with E-state index in [1.54, 1.807) is 6.92 Å². The largest absolute Gasteiger partial charge is 0.370 e. The molecule has 0 radical (unpaired) electrons. The van der Waals surface area contributed by atoms with Gasteiger partial charge < -0.3 is 26.0 Å². The molecule has 0 aliphatic carbocycles. The molecule has 0 bridgehead atoms. The Labute approximate surface area is 178 Å². The van der Waals surface area contributed by atoms with E-state index in [-0.39, 0.29) is 17.6 Å². The van der Waals surface area contributed by atoms with Crippen LogP contribution in [0.3, 0.4) is 0 Å². The zero-order chi connectivity index (χ0) is 22.8. The molecular formula is C22H45N3O4. The minimum absolute atomic E-state index is 0.119. The van der Waals surface area contributed by atoms with Gasteiger partial charge in [-0.1, -0.05) is 26.7 Å². The molecule has 0 spiro atoms.